The highest BCUT2D eigenvalue weighted by Crippen LogP contribution is 2.32. The van der Waals surface area contributed by atoms with Crippen LogP contribution in [0.3, 0.4) is 0 Å². The van der Waals surface area contributed by atoms with Crippen LogP contribution in [-0.4, -0.2) is 15.9 Å². The van der Waals surface area contributed by atoms with E-state index in [1.165, 1.54) is 17.4 Å². The van der Waals surface area contributed by atoms with Crippen molar-refractivity contribution in [2.75, 3.05) is 5.32 Å². The second-order valence-electron chi connectivity index (χ2n) is 7.48. The van der Waals surface area contributed by atoms with Crippen molar-refractivity contribution in [1.29, 1.82) is 0 Å². The van der Waals surface area contributed by atoms with Crippen LogP contribution in [0.5, 0.6) is 0 Å². The molecule has 0 saturated heterocycles. The highest BCUT2D eigenvalue weighted by atomic mass is 32.1. The number of para-hydroxylation sites is 2. The van der Waals surface area contributed by atoms with Gasteiger partial charge < -0.3 is 5.32 Å². The normalized spacial score (nSPS) is 11.7. The zero-order chi connectivity index (χ0) is 23.0. The summed E-state index contributed by atoms with van der Waals surface area (Å²) in [6.45, 7) is 0. The van der Waals surface area contributed by atoms with Gasteiger partial charge in [0.1, 0.15) is 0 Å². The molecule has 164 valence electrons. The zero-order valence-corrected chi connectivity index (χ0v) is 17.9. The number of hydrogen-bond donors (Lipinski definition) is 1. The van der Waals surface area contributed by atoms with Gasteiger partial charge in [-0.25, -0.2) is 9.97 Å². The summed E-state index contributed by atoms with van der Waals surface area (Å²) >= 11 is 1.39. The summed E-state index contributed by atoms with van der Waals surface area (Å²) in [6.07, 6.45) is -4.37. The number of nitrogens with one attached hydrogen (secondary N) is 1. The molecule has 0 spiro atoms. The van der Waals surface area contributed by atoms with Gasteiger partial charge >= 0.3 is 6.18 Å². The molecular weight excluding hydrogens is 447 g/mol. The van der Waals surface area contributed by atoms with Crippen LogP contribution in [0.4, 0.5) is 18.3 Å². The summed E-state index contributed by atoms with van der Waals surface area (Å²) in [4.78, 5) is 21.7. The fourth-order valence-corrected chi connectivity index (χ4v) is 4.51. The monoisotopic (exact) mass is 463 g/mol. The standard InChI is InChI=1S/C25H16F3N3OS/c26-25(27,28)18-8-4-6-16(13-18)19-12-11-15-5-3-7-17(23(15)29-19)14-22(32)31-24-30-20-9-1-2-10-21(20)33-24/h1-13H,14H2,(H,30,31,32). The zero-order valence-electron chi connectivity index (χ0n) is 17.1. The number of fused-ring (bicyclic) bond motifs is 2. The summed E-state index contributed by atoms with van der Waals surface area (Å²) in [5.74, 6) is -0.243. The molecule has 0 aliphatic carbocycles. The second-order valence-corrected chi connectivity index (χ2v) is 8.51. The van der Waals surface area contributed by atoms with Crippen LogP contribution in [0.1, 0.15) is 11.1 Å². The lowest BCUT2D eigenvalue weighted by molar-refractivity contribution is -0.137. The Morgan fingerprint density at radius 1 is 0.909 bits per heavy atom. The lowest BCUT2D eigenvalue weighted by Gasteiger charge is -2.10. The van der Waals surface area contributed by atoms with Crippen molar-refractivity contribution in [3.8, 4) is 11.3 Å². The number of alkyl halides is 3. The first-order chi connectivity index (χ1) is 15.9. The molecule has 1 N–H and O–H groups in total. The molecule has 5 aromatic rings. The molecule has 3 aromatic carbocycles. The van der Waals surface area contributed by atoms with E-state index in [-0.39, 0.29) is 12.3 Å². The molecule has 4 nitrogen and oxygen atoms in total. The number of nitrogens with zero attached hydrogens (tertiary/aromatic N) is 2. The molecule has 0 atom stereocenters. The minimum Gasteiger partial charge on any atom is -0.302 e. The molecule has 0 fully saturated rings. The van der Waals surface area contributed by atoms with Crippen LogP contribution < -0.4 is 5.32 Å². The van der Waals surface area contributed by atoms with E-state index in [2.05, 4.69) is 15.3 Å². The average molecular weight is 463 g/mol. The van der Waals surface area contributed by atoms with Crippen molar-refractivity contribution in [3.63, 3.8) is 0 Å². The predicted octanol–water partition coefficient (Wildman–Crippen LogP) is 6.71. The minimum atomic E-state index is -4.43. The molecule has 1 amide bonds. The third kappa shape index (κ3) is 4.42. The van der Waals surface area contributed by atoms with E-state index in [1.807, 2.05) is 36.4 Å². The van der Waals surface area contributed by atoms with Crippen molar-refractivity contribution >= 4 is 43.5 Å². The first-order valence-electron chi connectivity index (χ1n) is 10.1. The van der Waals surface area contributed by atoms with Gasteiger partial charge in [-0.15, -0.1) is 0 Å². The smallest absolute Gasteiger partial charge is 0.302 e. The fourth-order valence-electron chi connectivity index (χ4n) is 3.63. The van der Waals surface area contributed by atoms with E-state index in [0.29, 0.717) is 27.5 Å². The summed E-state index contributed by atoms with van der Waals surface area (Å²) in [5, 5.41) is 4.15. The number of hydrogen-bond acceptors (Lipinski definition) is 4. The van der Waals surface area contributed by atoms with Crippen molar-refractivity contribution in [3.05, 3.63) is 90.0 Å². The van der Waals surface area contributed by atoms with Crippen LogP contribution in [0, 0.1) is 0 Å². The fraction of sp³-hybridized carbons (Fsp3) is 0.0800. The van der Waals surface area contributed by atoms with Crippen molar-refractivity contribution in [1.82, 2.24) is 9.97 Å². The van der Waals surface area contributed by atoms with Crippen LogP contribution in [0.15, 0.2) is 78.9 Å². The van der Waals surface area contributed by atoms with Crippen LogP contribution in [0.2, 0.25) is 0 Å². The maximum Gasteiger partial charge on any atom is 0.416 e. The SMILES string of the molecule is O=C(Cc1cccc2ccc(-c3cccc(C(F)(F)F)c3)nc12)Nc1nc2ccccc2s1. The van der Waals surface area contributed by atoms with Crippen LogP contribution >= 0.6 is 11.3 Å². The molecule has 8 heteroatoms. The Morgan fingerprint density at radius 2 is 1.73 bits per heavy atom. The van der Waals surface area contributed by atoms with Gasteiger partial charge in [-0.05, 0) is 35.9 Å². The number of thiazole rings is 1. The lowest BCUT2D eigenvalue weighted by atomic mass is 10.0. The average Bonchev–Trinajstić information content (AvgIpc) is 3.20. The van der Waals surface area contributed by atoms with Gasteiger partial charge in [0.25, 0.3) is 0 Å². The van der Waals surface area contributed by atoms with Crippen molar-refractivity contribution < 1.29 is 18.0 Å². The molecule has 0 aliphatic rings. The van der Waals surface area contributed by atoms with Crippen molar-refractivity contribution in [2.45, 2.75) is 12.6 Å². The number of halogens is 3. The number of benzene rings is 3. The first kappa shape index (κ1) is 21.1. The van der Waals surface area contributed by atoms with E-state index in [0.717, 1.165) is 27.7 Å². The van der Waals surface area contributed by atoms with Gasteiger partial charge in [-0.3, -0.25) is 4.79 Å². The van der Waals surface area contributed by atoms with Gasteiger partial charge in [0.2, 0.25) is 5.91 Å². The maximum absolute atomic E-state index is 13.1. The number of pyridine rings is 1. The Hall–Kier alpha value is -3.78. The summed E-state index contributed by atoms with van der Waals surface area (Å²) in [5.41, 5.74) is 2.11. The molecule has 0 aliphatic heterocycles. The molecule has 0 saturated carbocycles. The maximum atomic E-state index is 13.1. The third-order valence-electron chi connectivity index (χ3n) is 5.18. The Balaban J connectivity index is 1.44. The molecule has 33 heavy (non-hydrogen) atoms. The highest BCUT2D eigenvalue weighted by molar-refractivity contribution is 7.22. The number of amides is 1. The minimum absolute atomic E-state index is 0.0618. The molecular formula is C25H16F3N3OS. The van der Waals surface area contributed by atoms with Crippen LogP contribution in [0.25, 0.3) is 32.4 Å². The summed E-state index contributed by atoms with van der Waals surface area (Å²) < 4.78 is 40.3. The summed E-state index contributed by atoms with van der Waals surface area (Å²) in [6, 6.07) is 21.6. The molecule has 2 heterocycles. The Labute approximate surface area is 190 Å². The number of aromatic nitrogens is 2. The number of rotatable bonds is 4. The molecule has 2 aromatic heterocycles. The van der Waals surface area contributed by atoms with Gasteiger partial charge in [-0.1, -0.05) is 59.9 Å². The molecule has 5 rings (SSSR count). The molecule has 0 radical (unpaired) electrons. The predicted molar refractivity (Wildman–Crippen MR) is 124 cm³/mol. The molecule has 0 bridgehead atoms. The van der Waals surface area contributed by atoms with E-state index < -0.39 is 11.7 Å². The van der Waals surface area contributed by atoms with E-state index in [1.54, 1.807) is 24.3 Å². The number of carbonyl (C=O) groups excluding carboxylic acids is 1. The van der Waals surface area contributed by atoms with Crippen LogP contribution in [-0.2, 0) is 17.4 Å². The first-order valence-corrected chi connectivity index (χ1v) is 10.9. The quantitative estimate of drug-likeness (QED) is 0.322. The third-order valence-corrected chi connectivity index (χ3v) is 6.13. The summed E-state index contributed by atoms with van der Waals surface area (Å²) in [7, 11) is 0. The van der Waals surface area contributed by atoms with Gasteiger partial charge in [-0.2, -0.15) is 13.2 Å². The van der Waals surface area contributed by atoms with Gasteiger partial charge in [0.05, 0.1) is 33.4 Å². The second kappa shape index (κ2) is 8.29. The Kier molecular flexibility index (Phi) is 5.30. The van der Waals surface area contributed by atoms with E-state index >= 15 is 0 Å². The highest BCUT2D eigenvalue weighted by Gasteiger charge is 2.30. The lowest BCUT2D eigenvalue weighted by Crippen LogP contribution is -2.14. The van der Waals surface area contributed by atoms with E-state index in [9.17, 15) is 18.0 Å². The Morgan fingerprint density at radius 3 is 2.55 bits per heavy atom. The largest absolute Gasteiger partial charge is 0.416 e. The topological polar surface area (TPSA) is 54.9 Å². The number of carbonyl (C=O) groups is 1. The van der Waals surface area contributed by atoms with Crippen molar-refractivity contribution in [2.24, 2.45) is 0 Å². The van der Waals surface area contributed by atoms with E-state index in [4.69, 9.17) is 0 Å². The van der Waals surface area contributed by atoms with Gasteiger partial charge in [0, 0.05) is 10.9 Å². The molecule has 0 unspecified atom stereocenters. The van der Waals surface area contributed by atoms with Gasteiger partial charge in [0.15, 0.2) is 5.13 Å². The number of anilines is 1. The Bertz CT molecular complexity index is 1460.